The highest BCUT2D eigenvalue weighted by molar-refractivity contribution is 7.27. The molecule has 0 bridgehead atoms. The van der Waals surface area contributed by atoms with Crippen LogP contribution in [0.3, 0.4) is 0 Å². The Balaban J connectivity index is 0. The van der Waals surface area contributed by atoms with E-state index in [-0.39, 0.29) is 5.78 Å². The van der Waals surface area contributed by atoms with Crippen LogP contribution in [0.5, 0.6) is 0 Å². The van der Waals surface area contributed by atoms with E-state index in [0.29, 0.717) is 12.3 Å². The molecule has 0 amide bonds. The van der Waals surface area contributed by atoms with Crippen molar-refractivity contribution < 1.29 is 4.79 Å². The Morgan fingerprint density at radius 2 is 1.57 bits per heavy atom. The van der Waals surface area contributed by atoms with Gasteiger partial charge in [0.15, 0.2) is 0 Å². The summed E-state index contributed by atoms with van der Waals surface area (Å²) in [6.45, 7) is 14.4. The average molecular weight is 310 g/mol. The van der Waals surface area contributed by atoms with E-state index in [1.54, 1.807) is 6.92 Å². The van der Waals surface area contributed by atoms with Crippen molar-refractivity contribution in [3.05, 3.63) is 29.3 Å². The zero-order valence-electron chi connectivity index (χ0n) is 15.1. The van der Waals surface area contributed by atoms with Crippen LogP contribution in [0.2, 0.25) is 0 Å². The molecule has 0 radical (unpaired) electrons. The van der Waals surface area contributed by atoms with Crippen LogP contribution in [0.15, 0.2) is 18.2 Å². The molecule has 0 aliphatic rings. The van der Waals surface area contributed by atoms with Gasteiger partial charge < -0.3 is 4.79 Å². The van der Waals surface area contributed by atoms with Crippen LogP contribution in [0.4, 0.5) is 0 Å². The maximum atomic E-state index is 11.0. The van der Waals surface area contributed by atoms with Gasteiger partial charge >= 0.3 is 0 Å². The number of aryl methyl sites for hydroxylation is 1. The fourth-order valence-corrected chi connectivity index (χ4v) is 2.45. The third-order valence-electron chi connectivity index (χ3n) is 2.38. The van der Waals surface area contributed by atoms with Gasteiger partial charge in [0.1, 0.15) is 5.78 Å². The Morgan fingerprint density at radius 1 is 1.10 bits per heavy atom. The first-order valence-electron chi connectivity index (χ1n) is 8.15. The maximum Gasteiger partial charge on any atom is 0.130 e. The molecule has 1 aromatic rings. The molecule has 1 nitrogen and oxygen atoms in total. The van der Waals surface area contributed by atoms with Gasteiger partial charge in [-0.2, -0.15) is 0 Å². The molecule has 0 N–H and O–H groups in total. The summed E-state index contributed by atoms with van der Waals surface area (Å²) >= 11 is 0. The van der Waals surface area contributed by atoms with Crippen LogP contribution in [-0.2, 0) is 11.2 Å². The molecule has 1 aromatic carbocycles. The minimum absolute atomic E-state index is 0.279. The highest BCUT2D eigenvalue weighted by Gasteiger charge is 2.07. The van der Waals surface area contributed by atoms with Gasteiger partial charge in [-0.15, -0.1) is 9.24 Å². The van der Waals surface area contributed by atoms with Gasteiger partial charge in [0, 0.05) is 6.42 Å². The Morgan fingerprint density at radius 3 is 1.95 bits per heavy atom. The maximum absolute atomic E-state index is 11.0. The number of hydrogen-bond acceptors (Lipinski definition) is 1. The van der Waals surface area contributed by atoms with Crippen LogP contribution in [-0.4, -0.2) is 5.78 Å². The van der Waals surface area contributed by atoms with Gasteiger partial charge in [0.2, 0.25) is 0 Å². The summed E-state index contributed by atoms with van der Waals surface area (Å²) in [6.07, 6.45) is 4.17. The fourth-order valence-electron chi connectivity index (χ4n) is 1.98. The summed E-state index contributed by atoms with van der Waals surface area (Å²) in [5.41, 5.74) is 2.61. The molecule has 2 heteroatoms. The zero-order valence-corrected chi connectivity index (χ0v) is 16.3. The lowest BCUT2D eigenvalue weighted by atomic mass is 9.96. The summed E-state index contributed by atoms with van der Waals surface area (Å²) in [4.78, 5) is 11.0. The van der Waals surface area contributed by atoms with Gasteiger partial charge in [0.05, 0.1) is 0 Å². The van der Waals surface area contributed by atoms with E-state index in [9.17, 15) is 4.79 Å². The molecule has 21 heavy (non-hydrogen) atoms. The minimum atomic E-state index is 0.279. The lowest BCUT2D eigenvalue weighted by molar-refractivity contribution is -0.117. The van der Waals surface area contributed by atoms with E-state index >= 15 is 0 Å². The second-order valence-electron chi connectivity index (χ2n) is 5.88. The van der Waals surface area contributed by atoms with Gasteiger partial charge in [-0.25, -0.2) is 0 Å². The normalized spacial score (nSPS) is 10.7. The van der Waals surface area contributed by atoms with Crippen LogP contribution in [0.25, 0.3) is 0 Å². The fraction of sp³-hybridized carbons (Fsp3) is 0.632. The molecular weight excluding hydrogens is 275 g/mol. The van der Waals surface area contributed by atoms with E-state index < -0.39 is 0 Å². The molecule has 0 aliphatic carbocycles. The van der Waals surface area contributed by atoms with Crippen LogP contribution >= 0.6 is 9.24 Å². The minimum Gasteiger partial charge on any atom is -0.300 e. The van der Waals surface area contributed by atoms with Crippen molar-refractivity contribution in [3.63, 3.8) is 0 Å². The lowest BCUT2D eigenvalue weighted by Crippen LogP contribution is -2.06. The van der Waals surface area contributed by atoms with E-state index in [2.05, 4.69) is 69.0 Å². The van der Waals surface area contributed by atoms with Gasteiger partial charge in [0.25, 0.3) is 0 Å². The van der Waals surface area contributed by atoms with Crippen molar-refractivity contribution in [2.75, 3.05) is 0 Å². The molecule has 2 atom stereocenters. The molecule has 1 unspecified atom stereocenters. The Hall–Kier alpha value is -0.680. The Bertz CT molecular complexity index is 363. The van der Waals surface area contributed by atoms with Crippen molar-refractivity contribution in [2.24, 2.45) is 5.92 Å². The first-order chi connectivity index (χ1) is 9.80. The quantitative estimate of drug-likeness (QED) is 0.672. The largest absolute Gasteiger partial charge is 0.300 e. The molecular formula is C19H35OP. The summed E-state index contributed by atoms with van der Waals surface area (Å²) in [6, 6.07) is 6.52. The van der Waals surface area contributed by atoms with E-state index in [4.69, 9.17) is 0 Å². The van der Waals surface area contributed by atoms with Crippen molar-refractivity contribution in [3.8, 4) is 0 Å². The van der Waals surface area contributed by atoms with Crippen molar-refractivity contribution in [1.82, 2.24) is 0 Å². The number of Topliss-reactive ketones (excluding diaryl/α,β-unsaturated/α-hetero) is 1. The van der Waals surface area contributed by atoms with Gasteiger partial charge in [-0.1, -0.05) is 71.2 Å². The molecule has 0 aliphatic heterocycles. The molecule has 0 heterocycles. The van der Waals surface area contributed by atoms with Gasteiger partial charge in [-0.3, -0.25) is 0 Å². The molecule has 0 aromatic heterocycles. The lowest BCUT2D eigenvalue weighted by Gasteiger charge is -2.10. The first kappa shape index (κ1) is 22.6. The smallest absolute Gasteiger partial charge is 0.130 e. The van der Waals surface area contributed by atoms with E-state index in [1.807, 2.05) is 0 Å². The second-order valence-corrected chi connectivity index (χ2v) is 6.55. The van der Waals surface area contributed by atoms with Gasteiger partial charge in [-0.05, 0) is 37.1 Å². The highest BCUT2D eigenvalue weighted by atomic mass is 31.0. The summed E-state index contributed by atoms with van der Waals surface area (Å²) < 4.78 is 0. The molecule has 0 saturated carbocycles. The number of benzene rings is 1. The molecule has 0 fully saturated rings. The topological polar surface area (TPSA) is 17.1 Å². The summed E-state index contributed by atoms with van der Waals surface area (Å²) in [7, 11) is 2.73. The Labute approximate surface area is 135 Å². The first-order valence-corrected chi connectivity index (χ1v) is 8.73. The second kappa shape index (κ2) is 14.3. The number of hydrogen-bond donors (Lipinski definition) is 0. The molecule has 1 rings (SSSR count). The van der Waals surface area contributed by atoms with Crippen LogP contribution < -0.4 is 5.30 Å². The third-order valence-corrected chi connectivity index (χ3v) is 2.71. The van der Waals surface area contributed by atoms with Crippen LogP contribution in [0.1, 0.15) is 71.9 Å². The predicted molar refractivity (Wildman–Crippen MR) is 101 cm³/mol. The summed E-state index contributed by atoms with van der Waals surface area (Å²) in [5.74, 6) is 0.718. The number of rotatable bonds is 4. The standard InChI is InChI=1S/C13H19OP.2C3H8/c1-9(4-11(3)14)5-12-6-10(2)7-13(15)8-12;2*1-3-2/h6-9H,4-5,15H2,1-3H3;2*3H2,1-2H3/t9-;;/m1../s1. The van der Waals surface area contributed by atoms with Crippen molar-refractivity contribution in [2.45, 2.75) is 74.1 Å². The number of carbonyl (C=O) groups excluding carboxylic acids is 1. The van der Waals surface area contributed by atoms with E-state index in [1.165, 1.54) is 29.3 Å². The van der Waals surface area contributed by atoms with Crippen LogP contribution in [0, 0.1) is 12.8 Å². The zero-order chi connectivity index (χ0) is 16.8. The predicted octanol–water partition coefficient (Wildman–Crippen LogP) is 5.49. The average Bonchev–Trinajstić information content (AvgIpc) is 2.27. The van der Waals surface area contributed by atoms with E-state index in [0.717, 1.165) is 6.42 Å². The Kier molecular flexibility index (Phi) is 15.4. The molecule has 0 spiro atoms. The number of ketones is 1. The SMILES string of the molecule is CC(=O)C[C@@H](C)Cc1cc(C)cc(P)c1.CCC.CCC. The third kappa shape index (κ3) is 15.5. The molecule has 0 saturated heterocycles. The highest BCUT2D eigenvalue weighted by Crippen LogP contribution is 2.13. The van der Waals surface area contributed by atoms with Crippen molar-refractivity contribution in [1.29, 1.82) is 0 Å². The monoisotopic (exact) mass is 310 g/mol. The number of carbonyl (C=O) groups is 1. The molecule has 122 valence electrons. The summed E-state index contributed by atoms with van der Waals surface area (Å²) in [5, 5.41) is 1.22. The van der Waals surface area contributed by atoms with Crippen molar-refractivity contribution >= 4 is 20.3 Å².